The zero-order chi connectivity index (χ0) is 24.0. The Balaban J connectivity index is 1.91. The van der Waals surface area contributed by atoms with Crippen molar-refractivity contribution in [1.82, 2.24) is 14.5 Å². The highest BCUT2D eigenvalue weighted by Gasteiger charge is 2.35. The maximum Gasteiger partial charge on any atom is 0.220 e. The third kappa shape index (κ3) is 6.07. The summed E-state index contributed by atoms with van der Waals surface area (Å²) >= 11 is 0. The number of nitrogens with zero attached hydrogens (tertiary/aromatic N) is 3. The van der Waals surface area contributed by atoms with E-state index in [4.69, 9.17) is 9.47 Å². The lowest BCUT2D eigenvalue weighted by atomic mass is 10.2. The van der Waals surface area contributed by atoms with Crippen molar-refractivity contribution in [1.29, 1.82) is 0 Å². The van der Waals surface area contributed by atoms with Crippen LogP contribution >= 0.6 is 0 Å². The molecule has 0 saturated heterocycles. The van der Waals surface area contributed by atoms with Crippen LogP contribution in [0.2, 0.25) is 0 Å². The minimum atomic E-state index is -3.93. The number of rotatable bonds is 10. The Morgan fingerprint density at radius 3 is 1.73 bits per heavy atom. The van der Waals surface area contributed by atoms with Crippen molar-refractivity contribution in [2.24, 2.45) is 0 Å². The van der Waals surface area contributed by atoms with E-state index in [0.717, 1.165) is 11.1 Å². The van der Waals surface area contributed by atoms with E-state index in [1.54, 1.807) is 57.5 Å². The molecule has 2 atom stereocenters. The summed E-state index contributed by atoms with van der Waals surface area (Å²) in [6, 6.07) is 17.7. The maximum absolute atomic E-state index is 13.6. The van der Waals surface area contributed by atoms with Gasteiger partial charge >= 0.3 is 0 Å². The molecule has 0 fully saturated rings. The number of benzene rings is 2. The lowest BCUT2D eigenvalue weighted by molar-refractivity contribution is 0.166. The van der Waals surface area contributed by atoms with Gasteiger partial charge in [-0.2, -0.15) is 14.5 Å². The highest BCUT2D eigenvalue weighted by atomic mass is 32.2. The molecule has 0 aliphatic heterocycles. The van der Waals surface area contributed by atoms with E-state index in [-0.39, 0.29) is 18.8 Å². The maximum atomic E-state index is 13.6. The second-order valence-corrected chi connectivity index (χ2v) is 10.0. The van der Waals surface area contributed by atoms with Crippen molar-refractivity contribution in [2.45, 2.75) is 38.3 Å². The Kier molecular flexibility index (Phi) is 8.01. The van der Waals surface area contributed by atoms with Crippen LogP contribution in [0.1, 0.15) is 35.5 Å². The van der Waals surface area contributed by atoms with Crippen molar-refractivity contribution in [3.63, 3.8) is 0 Å². The third-order valence-corrected chi connectivity index (χ3v) is 7.61. The van der Waals surface area contributed by atoms with Crippen LogP contribution < -0.4 is 9.47 Å². The summed E-state index contributed by atoms with van der Waals surface area (Å²) in [5, 5.41) is 17.6. The van der Waals surface area contributed by atoms with Gasteiger partial charge in [0.2, 0.25) is 10.0 Å². The van der Waals surface area contributed by atoms with Crippen LogP contribution in [-0.4, -0.2) is 47.5 Å². The van der Waals surface area contributed by atoms with E-state index in [1.807, 2.05) is 24.3 Å². The number of aliphatic hydroxyl groups is 1. The SMILES string of the molecule is COc1ccc(CN(Cc2ccc(OC)cc2)S(=O)(=O)[C@H](C)[C@@H](O)c2ccc(C)nn2)cc1. The third-order valence-electron chi connectivity index (χ3n) is 5.43. The number of hydrogen-bond donors (Lipinski definition) is 1. The zero-order valence-corrected chi connectivity index (χ0v) is 20.0. The van der Waals surface area contributed by atoms with Gasteiger partial charge in [-0.3, -0.25) is 0 Å². The molecule has 0 aliphatic carbocycles. The van der Waals surface area contributed by atoms with Gasteiger partial charge in [-0.25, -0.2) is 8.42 Å². The van der Waals surface area contributed by atoms with Gasteiger partial charge in [0.25, 0.3) is 0 Å². The molecule has 9 heteroatoms. The van der Waals surface area contributed by atoms with Crippen molar-refractivity contribution in [3.8, 4) is 11.5 Å². The second-order valence-electron chi connectivity index (χ2n) is 7.76. The average molecular weight is 472 g/mol. The Morgan fingerprint density at radius 2 is 1.33 bits per heavy atom. The lowest BCUT2D eigenvalue weighted by Gasteiger charge is -2.28. The molecule has 0 radical (unpaired) electrons. The van der Waals surface area contributed by atoms with E-state index < -0.39 is 21.4 Å². The topological polar surface area (TPSA) is 102 Å². The van der Waals surface area contributed by atoms with Crippen LogP contribution in [0.25, 0.3) is 0 Å². The first-order chi connectivity index (χ1) is 15.7. The first-order valence-corrected chi connectivity index (χ1v) is 12.0. The molecule has 1 heterocycles. The van der Waals surface area contributed by atoms with Crippen LogP contribution in [0.3, 0.4) is 0 Å². The fourth-order valence-electron chi connectivity index (χ4n) is 3.31. The number of aryl methyl sites for hydroxylation is 1. The molecule has 0 unspecified atom stereocenters. The van der Waals surface area contributed by atoms with Crippen molar-refractivity contribution >= 4 is 10.0 Å². The van der Waals surface area contributed by atoms with Gasteiger partial charge < -0.3 is 14.6 Å². The normalized spacial score (nSPS) is 13.5. The van der Waals surface area contributed by atoms with Gasteiger partial charge in [0, 0.05) is 13.1 Å². The highest BCUT2D eigenvalue weighted by molar-refractivity contribution is 7.89. The Labute approximate surface area is 194 Å². The van der Waals surface area contributed by atoms with E-state index in [1.165, 1.54) is 11.2 Å². The molecular weight excluding hydrogens is 442 g/mol. The number of ether oxygens (including phenoxy) is 2. The van der Waals surface area contributed by atoms with Gasteiger partial charge in [-0.05, 0) is 61.4 Å². The van der Waals surface area contributed by atoms with Crippen LogP contribution in [-0.2, 0) is 23.1 Å². The molecule has 1 aromatic heterocycles. The minimum Gasteiger partial charge on any atom is -0.497 e. The first-order valence-electron chi connectivity index (χ1n) is 10.5. The van der Waals surface area contributed by atoms with Crippen LogP contribution in [0, 0.1) is 6.92 Å². The zero-order valence-electron chi connectivity index (χ0n) is 19.2. The Bertz CT molecular complexity index is 1080. The quantitative estimate of drug-likeness (QED) is 0.484. The standard InChI is InChI=1S/C24H29N3O5S/c1-17-5-14-23(26-25-17)24(28)18(2)33(29,30)27(15-19-6-10-21(31-3)11-7-19)16-20-8-12-22(32-4)13-9-20/h5-14,18,24,28H,15-16H2,1-4H3/t18-,24-/m1/s1. The number of sulfonamides is 1. The molecule has 8 nitrogen and oxygen atoms in total. The second kappa shape index (κ2) is 10.7. The van der Waals surface area contributed by atoms with Crippen molar-refractivity contribution < 1.29 is 23.0 Å². The van der Waals surface area contributed by atoms with Crippen LogP contribution in [0.15, 0.2) is 60.7 Å². The van der Waals surface area contributed by atoms with E-state index in [0.29, 0.717) is 17.2 Å². The molecule has 0 spiro atoms. The fourth-order valence-corrected chi connectivity index (χ4v) is 4.90. The van der Waals surface area contributed by atoms with Gasteiger partial charge in [-0.15, -0.1) is 0 Å². The molecule has 33 heavy (non-hydrogen) atoms. The summed E-state index contributed by atoms with van der Waals surface area (Å²) in [6.45, 7) is 3.52. The van der Waals surface area contributed by atoms with E-state index in [9.17, 15) is 13.5 Å². The van der Waals surface area contributed by atoms with Gasteiger partial charge in [0.15, 0.2) is 0 Å². The predicted octanol–water partition coefficient (Wildman–Crippen LogP) is 3.26. The number of aliphatic hydroxyl groups excluding tert-OH is 1. The molecule has 3 rings (SSSR count). The molecule has 0 bridgehead atoms. The number of methoxy groups -OCH3 is 2. The molecule has 0 saturated carbocycles. The summed E-state index contributed by atoms with van der Waals surface area (Å²) < 4.78 is 39.0. The molecule has 0 amide bonds. The highest BCUT2D eigenvalue weighted by Crippen LogP contribution is 2.26. The number of aromatic nitrogens is 2. The molecule has 1 N–H and O–H groups in total. The van der Waals surface area contributed by atoms with Gasteiger partial charge in [0.05, 0.1) is 25.6 Å². The van der Waals surface area contributed by atoms with Gasteiger partial charge in [0.1, 0.15) is 22.9 Å². The largest absolute Gasteiger partial charge is 0.497 e. The van der Waals surface area contributed by atoms with Crippen molar-refractivity contribution in [3.05, 3.63) is 83.2 Å². The van der Waals surface area contributed by atoms with Crippen LogP contribution in [0.4, 0.5) is 0 Å². The Hall–Kier alpha value is -3.01. The smallest absolute Gasteiger partial charge is 0.220 e. The predicted molar refractivity (Wildman–Crippen MR) is 125 cm³/mol. The molecule has 0 aliphatic rings. The summed E-state index contributed by atoms with van der Waals surface area (Å²) in [4.78, 5) is 0. The first kappa shape index (κ1) is 24.6. The minimum absolute atomic E-state index is 0.134. The van der Waals surface area contributed by atoms with Gasteiger partial charge in [-0.1, -0.05) is 24.3 Å². The number of hydrogen-bond acceptors (Lipinski definition) is 7. The Morgan fingerprint density at radius 1 is 0.848 bits per heavy atom. The molecule has 176 valence electrons. The molecular formula is C24H29N3O5S. The summed E-state index contributed by atoms with van der Waals surface area (Å²) in [6.07, 6.45) is -1.32. The van der Waals surface area contributed by atoms with E-state index in [2.05, 4.69) is 10.2 Å². The summed E-state index contributed by atoms with van der Waals surface area (Å²) in [5.74, 6) is 1.37. The molecule has 2 aromatic carbocycles. The summed E-state index contributed by atoms with van der Waals surface area (Å²) in [5.41, 5.74) is 2.49. The summed E-state index contributed by atoms with van der Waals surface area (Å²) in [7, 11) is -0.782. The van der Waals surface area contributed by atoms with Crippen molar-refractivity contribution in [2.75, 3.05) is 14.2 Å². The fraction of sp³-hybridized carbons (Fsp3) is 0.333. The average Bonchev–Trinajstić information content (AvgIpc) is 2.84. The van der Waals surface area contributed by atoms with E-state index >= 15 is 0 Å². The molecule has 3 aromatic rings. The van der Waals surface area contributed by atoms with Crippen LogP contribution in [0.5, 0.6) is 11.5 Å². The lowest BCUT2D eigenvalue weighted by Crippen LogP contribution is -2.39. The monoisotopic (exact) mass is 471 g/mol.